The number of hydrogen-bond acceptors (Lipinski definition) is 4. The van der Waals surface area contributed by atoms with Gasteiger partial charge in [-0.3, -0.25) is 0 Å². The summed E-state index contributed by atoms with van der Waals surface area (Å²) < 4.78 is 27.7. The number of hydrogen-bond donors (Lipinski definition) is 1. The van der Waals surface area contributed by atoms with E-state index in [1.165, 1.54) is 0 Å². The van der Waals surface area contributed by atoms with Crippen LogP contribution in [-0.2, 0) is 10.0 Å². The fourth-order valence-corrected chi connectivity index (χ4v) is 3.39. The molecule has 5 nitrogen and oxygen atoms in total. The summed E-state index contributed by atoms with van der Waals surface area (Å²) in [7, 11) is -1.63. The lowest BCUT2D eigenvalue weighted by Gasteiger charge is -2.18. The average Bonchev–Trinajstić information content (AvgIpc) is 2.67. The van der Waals surface area contributed by atoms with E-state index in [9.17, 15) is 8.42 Å². The third-order valence-electron chi connectivity index (χ3n) is 3.17. The van der Waals surface area contributed by atoms with E-state index in [1.807, 2.05) is 18.0 Å². The number of rotatable bonds is 5. The highest BCUT2D eigenvalue weighted by atomic mass is 32.2. The van der Waals surface area contributed by atoms with Crippen molar-refractivity contribution in [2.75, 3.05) is 20.1 Å². The summed E-state index contributed by atoms with van der Waals surface area (Å²) in [6.07, 6.45) is 3.02. The van der Waals surface area contributed by atoms with Gasteiger partial charge >= 0.3 is 0 Å². The molecule has 0 fully saturated rings. The highest BCUT2D eigenvalue weighted by Crippen LogP contribution is 2.26. The molecular weight excluding hydrogens is 262 g/mol. The van der Waals surface area contributed by atoms with Crippen LogP contribution in [0.25, 0.3) is 0 Å². The normalized spacial score (nSPS) is 16.0. The highest BCUT2D eigenvalue weighted by Gasteiger charge is 2.29. The summed E-state index contributed by atoms with van der Waals surface area (Å²) in [4.78, 5) is 2.21. The molecule has 1 aromatic rings. The van der Waals surface area contributed by atoms with Crippen LogP contribution < -0.4 is 5.73 Å². The van der Waals surface area contributed by atoms with Crippen molar-refractivity contribution in [1.29, 1.82) is 0 Å². The van der Waals surface area contributed by atoms with Gasteiger partial charge in [-0.1, -0.05) is 18.6 Å². The molecule has 0 saturated heterocycles. The van der Waals surface area contributed by atoms with Crippen molar-refractivity contribution < 1.29 is 8.42 Å². The minimum absolute atomic E-state index is 0.304. The lowest BCUT2D eigenvalue weighted by atomic mass is 10.2. The van der Waals surface area contributed by atoms with E-state index in [1.54, 1.807) is 18.2 Å². The molecule has 0 amide bonds. The van der Waals surface area contributed by atoms with Gasteiger partial charge in [0.15, 0.2) is 0 Å². The average molecular weight is 281 g/mol. The van der Waals surface area contributed by atoms with Crippen molar-refractivity contribution in [3.05, 3.63) is 29.8 Å². The van der Waals surface area contributed by atoms with Gasteiger partial charge in [0.25, 0.3) is 10.0 Å². The van der Waals surface area contributed by atoms with Gasteiger partial charge < -0.3 is 10.6 Å². The van der Waals surface area contributed by atoms with E-state index in [-0.39, 0.29) is 0 Å². The zero-order chi connectivity index (χ0) is 13.9. The van der Waals surface area contributed by atoms with Crippen molar-refractivity contribution in [3.63, 3.8) is 0 Å². The van der Waals surface area contributed by atoms with Crippen LogP contribution in [0.3, 0.4) is 0 Å². The van der Waals surface area contributed by atoms with Gasteiger partial charge in [-0.2, -0.15) is 8.42 Å². The minimum Gasteiger partial charge on any atom is -0.358 e. The summed E-state index contributed by atoms with van der Waals surface area (Å²) >= 11 is 0. The first-order chi connectivity index (χ1) is 9.06. The second kappa shape index (κ2) is 5.71. The monoisotopic (exact) mass is 281 g/mol. The van der Waals surface area contributed by atoms with Gasteiger partial charge in [-0.25, -0.2) is 0 Å². The van der Waals surface area contributed by atoms with Crippen LogP contribution in [-0.4, -0.2) is 39.3 Å². The Morgan fingerprint density at radius 1 is 1.21 bits per heavy atom. The molecule has 19 heavy (non-hydrogen) atoms. The summed E-state index contributed by atoms with van der Waals surface area (Å²) in [5.41, 5.74) is 6.15. The molecule has 1 aliphatic heterocycles. The Hall–Kier alpha value is -1.40. The van der Waals surface area contributed by atoms with Crippen LogP contribution >= 0.6 is 0 Å². The van der Waals surface area contributed by atoms with Crippen molar-refractivity contribution >= 4 is 15.9 Å². The third kappa shape index (κ3) is 2.96. The summed E-state index contributed by atoms with van der Waals surface area (Å²) in [6, 6.07) is 6.95. The first-order valence-corrected chi connectivity index (χ1v) is 7.86. The van der Waals surface area contributed by atoms with Crippen molar-refractivity contribution in [1.82, 2.24) is 4.90 Å². The molecule has 6 heteroatoms. The first kappa shape index (κ1) is 14.0. The maximum Gasteiger partial charge on any atom is 0.285 e. The molecule has 1 aliphatic rings. The largest absolute Gasteiger partial charge is 0.358 e. The molecule has 0 aliphatic carbocycles. The molecule has 0 aromatic heterocycles. The molecule has 0 atom stereocenters. The van der Waals surface area contributed by atoms with E-state index < -0.39 is 10.0 Å². The number of fused-ring (bicyclic) bond motifs is 1. The molecule has 104 valence electrons. The van der Waals surface area contributed by atoms with Crippen LogP contribution in [0.15, 0.2) is 33.6 Å². The van der Waals surface area contributed by atoms with Gasteiger partial charge in [-0.15, -0.1) is 4.40 Å². The van der Waals surface area contributed by atoms with Crippen molar-refractivity contribution in [2.24, 2.45) is 10.1 Å². The summed E-state index contributed by atoms with van der Waals surface area (Å²) in [6.45, 7) is 1.48. The quantitative estimate of drug-likeness (QED) is 0.823. The van der Waals surface area contributed by atoms with Gasteiger partial charge in [-0.05, 0) is 31.5 Å². The van der Waals surface area contributed by atoms with Crippen LogP contribution in [0.5, 0.6) is 0 Å². The Morgan fingerprint density at radius 3 is 2.68 bits per heavy atom. The van der Waals surface area contributed by atoms with Crippen LogP contribution in [0.4, 0.5) is 0 Å². The van der Waals surface area contributed by atoms with E-state index in [0.717, 1.165) is 25.8 Å². The van der Waals surface area contributed by atoms with E-state index >= 15 is 0 Å². The zero-order valence-corrected chi connectivity index (χ0v) is 11.9. The number of nitrogens with zero attached hydrogens (tertiary/aromatic N) is 2. The Morgan fingerprint density at radius 2 is 1.95 bits per heavy atom. The van der Waals surface area contributed by atoms with Crippen LogP contribution in [0.2, 0.25) is 0 Å². The topological polar surface area (TPSA) is 75.8 Å². The molecule has 0 bridgehead atoms. The number of nitrogens with two attached hydrogens (primary N) is 1. The predicted octanol–water partition coefficient (Wildman–Crippen LogP) is 1.20. The van der Waals surface area contributed by atoms with Gasteiger partial charge in [0.05, 0.1) is 0 Å². The molecule has 2 rings (SSSR count). The van der Waals surface area contributed by atoms with Gasteiger partial charge in [0.2, 0.25) is 0 Å². The van der Waals surface area contributed by atoms with Crippen LogP contribution in [0.1, 0.15) is 24.8 Å². The molecule has 0 unspecified atom stereocenters. The molecule has 0 saturated carbocycles. The summed E-state index contributed by atoms with van der Waals surface area (Å²) in [5, 5.41) is 0. The van der Waals surface area contributed by atoms with E-state index in [4.69, 9.17) is 5.73 Å². The van der Waals surface area contributed by atoms with Crippen LogP contribution in [0, 0.1) is 0 Å². The second-order valence-electron chi connectivity index (χ2n) is 4.66. The Kier molecular flexibility index (Phi) is 4.21. The lowest BCUT2D eigenvalue weighted by Crippen LogP contribution is -2.27. The molecule has 0 radical (unpaired) electrons. The fraction of sp³-hybridized carbons (Fsp3) is 0.462. The number of unbranched alkanes of at least 4 members (excludes halogenated alkanes) is 2. The second-order valence-corrected chi connectivity index (χ2v) is 6.23. The van der Waals surface area contributed by atoms with E-state index in [0.29, 0.717) is 22.8 Å². The van der Waals surface area contributed by atoms with Gasteiger partial charge in [0, 0.05) is 19.2 Å². The maximum atomic E-state index is 11.9. The number of sulfonamides is 1. The molecule has 2 N–H and O–H groups in total. The highest BCUT2D eigenvalue weighted by molar-refractivity contribution is 7.90. The Balaban J connectivity index is 2.13. The summed E-state index contributed by atoms with van der Waals surface area (Å²) in [5.74, 6) is 0.545. The number of benzene rings is 1. The zero-order valence-electron chi connectivity index (χ0n) is 11.0. The minimum atomic E-state index is -3.51. The predicted molar refractivity (Wildman–Crippen MR) is 75.7 cm³/mol. The van der Waals surface area contributed by atoms with Crippen molar-refractivity contribution in [2.45, 2.75) is 24.2 Å². The molecular formula is C13H19N3O2S. The Bertz CT molecular complexity index is 581. The SMILES string of the molecule is CN(CCCCCN)C1=NS(=O)(=O)c2ccccc21. The molecule has 1 heterocycles. The van der Waals surface area contributed by atoms with Crippen molar-refractivity contribution in [3.8, 4) is 0 Å². The maximum absolute atomic E-state index is 11.9. The Labute approximate surface area is 114 Å². The molecule has 0 spiro atoms. The standard InChI is InChI=1S/C13H19N3O2S/c1-16(10-6-2-5-9-14)13-11-7-3-4-8-12(11)19(17,18)15-13/h3-4,7-8H,2,5-6,9-10,14H2,1H3. The smallest absolute Gasteiger partial charge is 0.285 e. The third-order valence-corrected chi connectivity index (χ3v) is 4.50. The lowest BCUT2D eigenvalue weighted by molar-refractivity contribution is 0.475. The number of amidine groups is 1. The fourth-order valence-electron chi connectivity index (χ4n) is 2.14. The molecule has 1 aromatic carbocycles. The van der Waals surface area contributed by atoms with Gasteiger partial charge in [0.1, 0.15) is 10.7 Å². The van der Waals surface area contributed by atoms with E-state index in [2.05, 4.69) is 4.40 Å². The first-order valence-electron chi connectivity index (χ1n) is 6.42.